The van der Waals surface area contributed by atoms with E-state index in [2.05, 4.69) is 41.2 Å². The molecule has 28 nitrogen and oxygen atoms in total. The topological polar surface area (TPSA) is 469 Å². The second kappa shape index (κ2) is 53.2. The Morgan fingerprint density at radius 2 is 0.411 bits per heavy atom. The Labute approximate surface area is 730 Å². The molecule has 1 aliphatic rings. The van der Waals surface area contributed by atoms with Crippen LogP contribution in [0.5, 0.6) is 0 Å². The van der Waals surface area contributed by atoms with Crippen LogP contribution in [0.15, 0.2) is 146 Å². The smallest absolute Gasteiger partial charge is 0.251 e. The Morgan fingerprint density at radius 3 is 0.605 bits per heavy atom. The third-order valence-corrected chi connectivity index (χ3v) is 22.5. The minimum atomic E-state index is -0.248. The van der Waals surface area contributed by atoms with Crippen LogP contribution in [-0.2, 0) is 19.2 Å². The number of rotatable bonds is 56. The van der Waals surface area contributed by atoms with Gasteiger partial charge in [0.25, 0.3) is 23.6 Å². The Morgan fingerprint density at radius 1 is 0.218 bits per heavy atom. The lowest BCUT2D eigenvalue weighted by Gasteiger charge is -2.22. The number of nitrogens with zero attached hydrogens (tertiary/aromatic N) is 4. The average molecular weight is 1700 g/mol. The van der Waals surface area contributed by atoms with Gasteiger partial charge in [-0.3, -0.25) is 38.4 Å². The van der Waals surface area contributed by atoms with E-state index < -0.39 is 0 Å². The van der Waals surface area contributed by atoms with E-state index in [0.29, 0.717) is 230 Å². The second-order valence-electron chi connectivity index (χ2n) is 31.9. The zero-order chi connectivity index (χ0) is 88.2. The van der Waals surface area contributed by atoms with E-state index in [1.54, 1.807) is 0 Å². The summed E-state index contributed by atoms with van der Waals surface area (Å²) < 4.78 is 0. The number of H-pyrrole nitrogens is 4. The molecule has 0 unspecified atom stereocenters. The van der Waals surface area contributed by atoms with Gasteiger partial charge in [0.15, 0.2) is 0 Å². The normalized spacial score (nSPS) is 11.9. The number of hydrogen-bond donors (Lipinski definition) is 16. The van der Waals surface area contributed by atoms with Crippen molar-refractivity contribution in [3.05, 3.63) is 234 Å². The maximum atomic E-state index is 14.0. The minimum absolute atomic E-state index is 0.0746. The van der Waals surface area contributed by atoms with E-state index in [0.717, 1.165) is 166 Å². The van der Waals surface area contributed by atoms with E-state index in [4.69, 9.17) is 45.9 Å². The van der Waals surface area contributed by atoms with Crippen molar-refractivity contribution in [1.82, 2.24) is 60.8 Å². The van der Waals surface area contributed by atoms with Gasteiger partial charge in [-0.05, 0) is 300 Å². The Bertz CT molecular complexity index is 4330. The van der Waals surface area contributed by atoms with Crippen LogP contribution in [0.1, 0.15) is 241 Å². The van der Waals surface area contributed by atoms with Gasteiger partial charge in [0, 0.05) is 193 Å². The van der Waals surface area contributed by atoms with Gasteiger partial charge in [0.1, 0.15) is 0 Å². The van der Waals surface area contributed by atoms with Gasteiger partial charge < -0.3 is 107 Å². The maximum Gasteiger partial charge on any atom is 0.251 e. The van der Waals surface area contributed by atoms with Crippen LogP contribution in [-0.4, -0.2) is 218 Å². The number of unbranched alkanes of at least 4 members (excludes halogenated alkanes) is 8. The Kier molecular flexibility index (Phi) is 41.5. The fraction of sp³-hybridized carbons (Fsp3) is 0.458. The van der Waals surface area contributed by atoms with Crippen LogP contribution in [0.2, 0.25) is 0 Å². The molecular formula is C96H136N20O8. The lowest BCUT2D eigenvalue weighted by molar-refractivity contribution is -0.132. The number of aromatic amines is 4. The number of amides is 8. The molecule has 0 radical (unpaired) electrons. The van der Waals surface area contributed by atoms with Crippen LogP contribution in [0, 0.1) is 0 Å². The molecule has 8 bridgehead atoms. The Hall–Kier alpha value is -11.1. The van der Waals surface area contributed by atoms with Gasteiger partial charge in [0.2, 0.25) is 23.6 Å². The summed E-state index contributed by atoms with van der Waals surface area (Å²) in [6, 6.07) is 46.2. The van der Waals surface area contributed by atoms with Crippen molar-refractivity contribution in [3.63, 3.8) is 0 Å². The summed E-state index contributed by atoms with van der Waals surface area (Å²) in [5, 5.41) is 15.2. The zero-order valence-electron chi connectivity index (χ0n) is 72.6. The summed E-state index contributed by atoms with van der Waals surface area (Å²) in [5.74, 6) is -0.692. The van der Waals surface area contributed by atoms with E-state index in [1.165, 1.54) is 0 Å². The van der Waals surface area contributed by atoms with E-state index in [9.17, 15) is 38.4 Å². The summed E-state index contributed by atoms with van der Waals surface area (Å²) >= 11 is 0. The molecule has 8 aromatic rings. The monoisotopic (exact) mass is 1700 g/mol. The standard InChI is InChI=1S/C96H136N20O8/c97-49-5-13-61-113(65-17-53-101)85(117)21-1-9-57-105-93(121)73-33-25-69(26-34-73)89-77-41-43-79(109-77)90(70-27-35-74(36-28-70)94(122)106-58-10-2-22-86(118)114(66-18-54-102)62-14-6-50-98)81-45-47-83(111-81)92(72-31-39-76(40-32-72)96(124)108-60-12-4-24-88(120)116(68-20-56-104)64-16-8-52-100)84-48-46-82(112-84)91(80-44-42-78(89)110-80)71-29-37-75(38-30-71)95(123)107-59-11-3-23-87(119)115(67-19-55-103)63-15-7-51-99/h25-48,109-112H,1-24,49-68,97-104H2,(H,105,121)(H,106,122)(H,107,123)(H,108,124). The van der Waals surface area contributed by atoms with Crippen LogP contribution >= 0.6 is 0 Å². The largest absolute Gasteiger partial charge is 0.354 e. The number of aromatic nitrogens is 4. The number of nitrogens with two attached hydrogens (primary N) is 8. The number of nitrogens with one attached hydrogen (secondary N) is 8. The predicted octanol–water partition coefficient (Wildman–Crippen LogP) is 5.57. The van der Waals surface area contributed by atoms with Crippen molar-refractivity contribution in [1.29, 1.82) is 0 Å². The summed E-state index contributed by atoms with van der Waals surface area (Å²) in [7, 11) is 0. The molecule has 668 valence electrons. The third-order valence-electron chi connectivity index (χ3n) is 22.5. The van der Waals surface area contributed by atoms with Gasteiger partial charge >= 0.3 is 0 Å². The van der Waals surface area contributed by atoms with Gasteiger partial charge in [-0.25, -0.2) is 0 Å². The lowest BCUT2D eigenvalue weighted by Crippen LogP contribution is -2.34. The molecule has 0 fully saturated rings. The van der Waals surface area contributed by atoms with Gasteiger partial charge in [0.05, 0.1) is 0 Å². The highest BCUT2D eigenvalue weighted by molar-refractivity contribution is 5.97. The van der Waals surface area contributed by atoms with Crippen molar-refractivity contribution in [3.8, 4) is 0 Å². The first-order valence-corrected chi connectivity index (χ1v) is 45.1. The zero-order valence-corrected chi connectivity index (χ0v) is 72.6. The quantitative estimate of drug-likeness (QED) is 0.0207. The van der Waals surface area contributed by atoms with Crippen LogP contribution < -0.4 is 88.5 Å². The number of hydrogen-bond acceptors (Lipinski definition) is 16. The van der Waals surface area contributed by atoms with Gasteiger partial charge in [-0.2, -0.15) is 0 Å². The first-order valence-electron chi connectivity index (χ1n) is 45.1. The van der Waals surface area contributed by atoms with Gasteiger partial charge in [-0.15, -0.1) is 0 Å². The van der Waals surface area contributed by atoms with Gasteiger partial charge in [-0.1, -0.05) is 48.5 Å². The van der Waals surface area contributed by atoms with E-state index in [1.807, 2.05) is 165 Å². The first-order chi connectivity index (χ1) is 60.5. The minimum Gasteiger partial charge on any atom is -0.354 e. The molecule has 8 amide bonds. The number of fused-ring (bicyclic) bond motifs is 8. The van der Waals surface area contributed by atoms with Crippen molar-refractivity contribution in [2.24, 2.45) is 45.9 Å². The molecule has 4 aromatic heterocycles. The third kappa shape index (κ3) is 29.6. The Balaban J connectivity index is 1.07. The molecule has 0 saturated heterocycles. The highest BCUT2D eigenvalue weighted by Gasteiger charge is 2.24. The molecule has 5 heterocycles. The molecule has 0 aliphatic carbocycles. The first kappa shape index (κ1) is 96.7. The molecule has 9 rings (SSSR count). The highest BCUT2D eigenvalue weighted by Crippen LogP contribution is 2.30. The molecular weight excluding hydrogens is 1560 g/mol. The van der Waals surface area contributed by atoms with Crippen LogP contribution in [0.3, 0.4) is 0 Å². The molecule has 0 spiro atoms. The summed E-state index contributed by atoms with van der Waals surface area (Å²) in [6.07, 6.45) is 15.9. The highest BCUT2D eigenvalue weighted by atomic mass is 16.2. The fourth-order valence-corrected chi connectivity index (χ4v) is 15.5. The number of benzene rings is 4. The van der Waals surface area contributed by atoms with E-state index >= 15 is 0 Å². The maximum absolute atomic E-state index is 14.0. The fourth-order valence-electron chi connectivity index (χ4n) is 15.5. The molecule has 4 aromatic carbocycles. The number of carbonyl (C=O) groups excluding carboxylic acids is 8. The SMILES string of the molecule is NCCCCN(CCCN)C(=O)CCCCNC(=O)c1ccc(C2=c3ccc([nH]3)=C(c3ccc(C(=O)NCCCCC(=O)N(CCCN)CCCCN)cc3)c3ccc([nH]3)C(c3ccc(C(=O)NCCCCC(=O)N(CCCN)CCCCN)cc3)=c3ccc([nH]3)=C(c3ccc(C(=O)NCCCCC(=O)N(CCCN)CCCCN)cc3)c3ccc2[nH]3)cc1. The van der Waals surface area contributed by atoms with E-state index in [-0.39, 0.29) is 47.3 Å². The predicted molar refractivity (Wildman–Crippen MR) is 493 cm³/mol. The molecule has 0 atom stereocenters. The molecule has 1 aliphatic heterocycles. The molecule has 124 heavy (non-hydrogen) atoms. The summed E-state index contributed by atoms with van der Waals surface area (Å²) in [6.45, 7) is 10.8. The molecule has 28 heteroatoms. The second-order valence-corrected chi connectivity index (χ2v) is 31.9. The van der Waals surface area contributed by atoms with Crippen molar-refractivity contribution < 1.29 is 38.4 Å². The van der Waals surface area contributed by atoms with Crippen LogP contribution in [0.4, 0.5) is 0 Å². The molecule has 0 saturated carbocycles. The molecule has 24 N–H and O–H groups in total. The summed E-state index contributed by atoms with van der Waals surface area (Å²) in [5.41, 5.74) is 57.3. The van der Waals surface area contributed by atoms with Crippen molar-refractivity contribution >= 4 is 69.5 Å². The lowest BCUT2D eigenvalue weighted by atomic mass is 10.0. The average Bonchev–Trinajstić information content (AvgIpc) is 1.61. The summed E-state index contributed by atoms with van der Waals surface area (Å²) in [4.78, 5) is 132. The number of carbonyl (C=O) groups is 8. The van der Waals surface area contributed by atoms with Crippen LogP contribution in [0.25, 0.3) is 22.3 Å². The van der Waals surface area contributed by atoms with Crippen molar-refractivity contribution in [2.45, 2.75) is 154 Å². The van der Waals surface area contributed by atoms with Crippen molar-refractivity contribution in [2.75, 3.05) is 131 Å².